The fourth-order valence-corrected chi connectivity index (χ4v) is 5.41. The summed E-state index contributed by atoms with van der Waals surface area (Å²) in [6, 6.07) is 14.7. The molecule has 30 heavy (non-hydrogen) atoms. The zero-order valence-electron chi connectivity index (χ0n) is 17.1. The Hall–Kier alpha value is -2.93. The molecule has 7 heteroatoms. The number of amides is 1. The lowest BCUT2D eigenvalue weighted by Crippen LogP contribution is -2.50. The summed E-state index contributed by atoms with van der Waals surface area (Å²) in [5.74, 6) is 1.20. The van der Waals surface area contributed by atoms with Crippen LogP contribution in [0.5, 0.6) is 0 Å². The molecule has 0 radical (unpaired) electrons. The Morgan fingerprint density at radius 1 is 1.07 bits per heavy atom. The normalized spacial score (nSPS) is 25.4. The maximum absolute atomic E-state index is 13.6. The highest BCUT2D eigenvalue weighted by Gasteiger charge is 2.58. The third-order valence-electron chi connectivity index (χ3n) is 7.00. The van der Waals surface area contributed by atoms with E-state index in [0.29, 0.717) is 12.8 Å². The van der Waals surface area contributed by atoms with Crippen LogP contribution in [-0.2, 0) is 9.53 Å². The monoisotopic (exact) mass is 403 g/mol. The maximum Gasteiger partial charge on any atom is 0.257 e. The average molecular weight is 403 g/mol. The molecule has 2 atom stereocenters. The van der Waals surface area contributed by atoms with Crippen LogP contribution < -0.4 is 4.90 Å². The lowest BCUT2D eigenvalue weighted by molar-refractivity contribution is -0.140. The van der Waals surface area contributed by atoms with Crippen molar-refractivity contribution in [3.63, 3.8) is 0 Å². The second-order valence-corrected chi connectivity index (χ2v) is 8.64. The Labute approximate surface area is 175 Å². The van der Waals surface area contributed by atoms with Gasteiger partial charge in [-0.05, 0) is 37.0 Å². The van der Waals surface area contributed by atoms with Gasteiger partial charge in [-0.3, -0.25) is 4.79 Å². The third-order valence-corrected chi connectivity index (χ3v) is 7.00. The molecule has 5 heterocycles. The molecule has 2 aromatic heterocycles. The van der Waals surface area contributed by atoms with E-state index in [-0.39, 0.29) is 18.2 Å². The first-order chi connectivity index (χ1) is 14.7. The molecule has 0 unspecified atom stereocenters. The van der Waals surface area contributed by atoms with Gasteiger partial charge in [-0.2, -0.15) is 9.61 Å². The molecule has 0 aliphatic carbocycles. The van der Waals surface area contributed by atoms with E-state index in [1.165, 1.54) is 5.56 Å². The minimum absolute atomic E-state index is 0.0874. The van der Waals surface area contributed by atoms with Crippen LogP contribution in [0.2, 0.25) is 0 Å². The summed E-state index contributed by atoms with van der Waals surface area (Å²) >= 11 is 0. The zero-order valence-corrected chi connectivity index (χ0v) is 17.1. The summed E-state index contributed by atoms with van der Waals surface area (Å²) in [5.41, 5.74) is 2.51. The number of piperidine rings is 1. The molecule has 7 nitrogen and oxygen atoms in total. The smallest absolute Gasteiger partial charge is 0.257 e. The number of pyridine rings is 1. The summed E-state index contributed by atoms with van der Waals surface area (Å²) in [6.45, 7) is 3.57. The van der Waals surface area contributed by atoms with Crippen LogP contribution in [0, 0.1) is 6.92 Å². The molecular formula is C23H25N5O2. The molecule has 0 bridgehead atoms. The van der Waals surface area contributed by atoms with E-state index in [1.807, 2.05) is 34.5 Å². The van der Waals surface area contributed by atoms with Crippen LogP contribution in [0.3, 0.4) is 0 Å². The SMILES string of the molecule is Cc1ccc(N2CCC3(CC2)O[C@@H]2CC[C@@H](c4ccccc4)N2C3=O)n2ncnc12. The molecule has 1 spiro atoms. The van der Waals surface area contributed by atoms with Crippen LogP contribution in [0.15, 0.2) is 48.8 Å². The molecule has 3 saturated heterocycles. The second kappa shape index (κ2) is 6.54. The molecular weight excluding hydrogens is 378 g/mol. The standard InChI is InChI=1S/C23H25N5O2/c1-16-7-9-19(28-21(16)24-15-25-28)26-13-11-23(12-14-26)22(29)27-18(8-10-20(27)30-23)17-5-3-2-4-6-17/h2-7,9,15,18,20H,8,10-14H2,1H3/t18-,20+/m0/s1. The van der Waals surface area contributed by atoms with Crippen molar-refractivity contribution in [3.05, 3.63) is 59.9 Å². The van der Waals surface area contributed by atoms with E-state index in [4.69, 9.17) is 4.74 Å². The number of aromatic nitrogens is 3. The fourth-order valence-electron chi connectivity index (χ4n) is 5.41. The van der Waals surface area contributed by atoms with E-state index in [2.05, 4.69) is 39.2 Å². The Kier molecular flexibility index (Phi) is 3.90. The van der Waals surface area contributed by atoms with Crippen molar-refractivity contribution in [2.24, 2.45) is 0 Å². The summed E-state index contributed by atoms with van der Waals surface area (Å²) < 4.78 is 8.37. The van der Waals surface area contributed by atoms with Gasteiger partial charge in [-0.15, -0.1) is 0 Å². The van der Waals surface area contributed by atoms with E-state index >= 15 is 0 Å². The molecule has 154 valence electrons. The highest BCUT2D eigenvalue weighted by Crippen LogP contribution is 2.47. The number of nitrogens with zero attached hydrogens (tertiary/aromatic N) is 5. The van der Waals surface area contributed by atoms with E-state index < -0.39 is 5.60 Å². The summed E-state index contributed by atoms with van der Waals surface area (Å²) in [4.78, 5) is 22.2. The van der Waals surface area contributed by atoms with E-state index in [9.17, 15) is 4.79 Å². The van der Waals surface area contributed by atoms with Gasteiger partial charge < -0.3 is 14.5 Å². The van der Waals surface area contributed by atoms with E-state index in [1.54, 1.807) is 6.33 Å². The van der Waals surface area contributed by atoms with Crippen molar-refractivity contribution in [1.29, 1.82) is 0 Å². The molecule has 3 aliphatic heterocycles. The third kappa shape index (κ3) is 2.51. The van der Waals surface area contributed by atoms with Crippen LogP contribution in [0.25, 0.3) is 5.65 Å². The molecule has 6 rings (SSSR count). The van der Waals surface area contributed by atoms with Crippen molar-refractivity contribution in [2.75, 3.05) is 18.0 Å². The number of rotatable bonds is 2. The highest BCUT2D eigenvalue weighted by atomic mass is 16.6. The Morgan fingerprint density at radius 2 is 1.87 bits per heavy atom. The van der Waals surface area contributed by atoms with Gasteiger partial charge >= 0.3 is 0 Å². The van der Waals surface area contributed by atoms with Crippen molar-refractivity contribution < 1.29 is 9.53 Å². The summed E-state index contributed by atoms with van der Waals surface area (Å²) in [5, 5.41) is 4.41. The van der Waals surface area contributed by atoms with Crippen LogP contribution in [-0.4, -0.2) is 50.3 Å². The first-order valence-electron chi connectivity index (χ1n) is 10.8. The van der Waals surface area contributed by atoms with Crippen LogP contribution in [0.4, 0.5) is 5.82 Å². The van der Waals surface area contributed by atoms with Gasteiger partial charge in [-0.1, -0.05) is 36.4 Å². The van der Waals surface area contributed by atoms with Gasteiger partial charge in [-0.25, -0.2) is 4.98 Å². The number of anilines is 1. The lowest BCUT2D eigenvalue weighted by Gasteiger charge is -2.38. The number of fused-ring (bicyclic) bond motifs is 2. The van der Waals surface area contributed by atoms with Crippen molar-refractivity contribution in [1.82, 2.24) is 19.5 Å². The minimum atomic E-state index is -0.680. The van der Waals surface area contributed by atoms with Gasteiger partial charge in [0.05, 0.1) is 6.04 Å². The molecule has 1 aromatic carbocycles. The Bertz CT molecular complexity index is 1100. The van der Waals surface area contributed by atoms with Crippen LogP contribution >= 0.6 is 0 Å². The number of hydrogen-bond donors (Lipinski definition) is 0. The van der Waals surface area contributed by atoms with Gasteiger partial charge in [0.25, 0.3) is 5.91 Å². The van der Waals surface area contributed by atoms with Crippen molar-refractivity contribution in [3.8, 4) is 0 Å². The summed E-state index contributed by atoms with van der Waals surface area (Å²) in [6.07, 6.45) is 4.79. The average Bonchev–Trinajstić information content (AvgIpc) is 3.48. The molecule has 3 fully saturated rings. The van der Waals surface area contributed by atoms with Gasteiger partial charge in [0.1, 0.15) is 18.4 Å². The fraction of sp³-hybridized carbons (Fsp3) is 0.435. The van der Waals surface area contributed by atoms with Gasteiger partial charge in [0.2, 0.25) is 0 Å². The molecule has 0 saturated carbocycles. The number of carbonyl (C=O) groups excluding carboxylic acids is 1. The van der Waals surface area contributed by atoms with Crippen LogP contribution in [0.1, 0.15) is 42.9 Å². The number of ether oxygens (including phenoxy) is 1. The van der Waals surface area contributed by atoms with Gasteiger partial charge in [0.15, 0.2) is 11.2 Å². The van der Waals surface area contributed by atoms with Gasteiger partial charge in [0, 0.05) is 25.9 Å². The van der Waals surface area contributed by atoms with Crippen molar-refractivity contribution >= 4 is 17.4 Å². The second-order valence-electron chi connectivity index (χ2n) is 8.64. The maximum atomic E-state index is 13.6. The lowest BCUT2D eigenvalue weighted by atomic mass is 9.89. The number of carbonyl (C=O) groups is 1. The molecule has 0 N–H and O–H groups in total. The molecule has 1 amide bonds. The first-order valence-corrected chi connectivity index (χ1v) is 10.8. The zero-order chi connectivity index (χ0) is 20.3. The Morgan fingerprint density at radius 3 is 2.67 bits per heavy atom. The minimum Gasteiger partial charge on any atom is -0.356 e. The topological polar surface area (TPSA) is 63.0 Å². The van der Waals surface area contributed by atoms with E-state index in [0.717, 1.165) is 43.0 Å². The largest absolute Gasteiger partial charge is 0.356 e. The number of aryl methyl sites for hydroxylation is 1. The Balaban J connectivity index is 1.23. The summed E-state index contributed by atoms with van der Waals surface area (Å²) in [7, 11) is 0. The first kappa shape index (κ1) is 17.9. The predicted molar refractivity (Wildman–Crippen MR) is 112 cm³/mol. The van der Waals surface area contributed by atoms with Crippen molar-refractivity contribution in [2.45, 2.75) is 50.5 Å². The number of benzene rings is 1. The molecule has 3 aliphatic rings. The number of hydrogen-bond acceptors (Lipinski definition) is 5. The molecule has 3 aromatic rings. The predicted octanol–water partition coefficient (Wildman–Crippen LogP) is 3.10. The highest BCUT2D eigenvalue weighted by molar-refractivity contribution is 5.88. The quantitative estimate of drug-likeness (QED) is 0.658.